The van der Waals surface area contributed by atoms with Gasteiger partial charge in [-0.1, -0.05) is 13.8 Å². The molecule has 0 fully saturated rings. The Labute approximate surface area is 119 Å². The summed E-state index contributed by atoms with van der Waals surface area (Å²) in [5.41, 5.74) is 1.35. The van der Waals surface area contributed by atoms with E-state index < -0.39 is 0 Å². The Morgan fingerprint density at radius 3 is 2.71 bits per heavy atom. The number of aryl methyl sites for hydroxylation is 1. The van der Waals surface area contributed by atoms with E-state index in [0.29, 0.717) is 6.04 Å². The molecule has 0 saturated carbocycles. The van der Waals surface area contributed by atoms with Crippen LogP contribution < -0.4 is 5.32 Å². The van der Waals surface area contributed by atoms with Crippen molar-refractivity contribution in [1.29, 1.82) is 0 Å². The normalized spacial score (nSPS) is 12.9. The van der Waals surface area contributed by atoms with Crippen molar-refractivity contribution < 1.29 is 0 Å². The monoisotopic (exact) mass is 329 g/mol. The van der Waals surface area contributed by atoms with E-state index in [1.165, 1.54) is 19.1 Å². The molecule has 2 aromatic heterocycles. The summed E-state index contributed by atoms with van der Waals surface area (Å²) in [6, 6.07) is 7.05. The van der Waals surface area contributed by atoms with E-state index in [1.807, 2.05) is 11.3 Å². The number of rotatable bonds is 5. The first-order valence-corrected chi connectivity index (χ1v) is 8.29. The Hall–Kier alpha value is -0.160. The van der Waals surface area contributed by atoms with Gasteiger partial charge in [-0.2, -0.15) is 0 Å². The van der Waals surface area contributed by atoms with E-state index in [1.54, 1.807) is 11.3 Å². The van der Waals surface area contributed by atoms with E-state index in [-0.39, 0.29) is 0 Å². The van der Waals surface area contributed by atoms with Crippen LogP contribution in [0, 0.1) is 0 Å². The van der Waals surface area contributed by atoms with E-state index in [2.05, 4.69) is 58.7 Å². The Morgan fingerprint density at radius 1 is 1.35 bits per heavy atom. The van der Waals surface area contributed by atoms with Crippen LogP contribution in [0.25, 0.3) is 0 Å². The first kappa shape index (κ1) is 13.3. The zero-order chi connectivity index (χ0) is 12.3. The molecule has 4 heteroatoms. The van der Waals surface area contributed by atoms with Gasteiger partial charge in [0.25, 0.3) is 0 Å². The van der Waals surface area contributed by atoms with Crippen LogP contribution in [0.1, 0.15) is 35.2 Å². The molecule has 0 saturated heterocycles. The van der Waals surface area contributed by atoms with Crippen molar-refractivity contribution in [3.63, 3.8) is 0 Å². The van der Waals surface area contributed by atoms with E-state index in [9.17, 15) is 0 Å². The minimum absolute atomic E-state index is 0.341. The quantitative estimate of drug-likeness (QED) is 0.828. The maximum atomic E-state index is 3.56. The summed E-state index contributed by atoms with van der Waals surface area (Å²) >= 11 is 7.20. The van der Waals surface area contributed by atoms with Crippen LogP contribution in [-0.2, 0) is 6.42 Å². The summed E-state index contributed by atoms with van der Waals surface area (Å²) in [6.07, 6.45) is 1.12. The predicted octanol–water partition coefficient (Wildman–Crippen LogP) is 4.83. The molecule has 0 bridgehead atoms. The average Bonchev–Trinajstić information content (AvgIpc) is 2.94. The van der Waals surface area contributed by atoms with Gasteiger partial charge in [-0.25, -0.2) is 0 Å². The van der Waals surface area contributed by atoms with Gasteiger partial charge < -0.3 is 5.32 Å². The SMILES string of the molecule is CCNC(c1csc(Br)c1)c1ccc(CC)s1. The second-order valence-electron chi connectivity index (χ2n) is 3.83. The van der Waals surface area contributed by atoms with Crippen molar-refractivity contribution in [2.75, 3.05) is 6.54 Å². The second-order valence-corrected chi connectivity index (χ2v) is 7.32. The molecule has 2 rings (SSSR count). The molecule has 92 valence electrons. The van der Waals surface area contributed by atoms with E-state index >= 15 is 0 Å². The summed E-state index contributed by atoms with van der Waals surface area (Å²) in [5.74, 6) is 0. The van der Waals surface area contributed by atoms with Crippen LogP contribution in [-0.4, -0.2) is 6.54 Å². The highest BCUT2D eigenvalue weighted by Crippen LogP contribution is 2.32. The maximum absolute atomic E-state index is 3.56. The van der Waals surface area contributed by atoms with Crippen LogP contribution >= 0.6 is 38.6 Å². The highest BCUT2D eigenvalue weighted by atomic mass is 79.9. The minimum atomic E-state index is 0.341. The van der Waals surface area contributed by atoms with Crippen LogP contribution in [0.5, 0.6) is 0 Å². The van der Waals surface area contributed by atoms with Crippen molar-refractivity contribution in [3.05, 3.63) is 42.7 Å². The molecule has 17 heavy (non-hydrogen) atoms. The fraction of sp³-hybridized carbons (Fsp3) is 0.385. The molecule has 2 aromatic rings. The molecule has 0 aliphatic heterocycles. The molecule has 1 unspecified atom stereocenters. The smallest absolute Gasteiger partial charge is 0.0701 e. The highest BCUT2D eigenvalue weighted by molar-refractivity contribution is 9.11. The van der Waals surface area contributed by atoms with Crippen molar-refractivity contribution in [3.8, 4) is 0 Å². The number of hydrogen-bond acceptors (Lipinski definition) is 3. The van der Waals surface area contributed by atoms with Crippen LogP contribution in [0.2, 0.25) is 0 Å². The summed E-state index contributed by atoms with van der Waals surface area (Å²) in [7, 11) is 0. The number of halogens is 1. The number of nitrogens with one attached hydrogen (secondary N) is 1. The highest BCUT2D eigenvalue weighted by Gasteiger charge is 2.16. The summed E-state index contributed by atoms with van der Waals surface area (Å²) < 4.78 is 1.20. The van der Waals surface area contributed by atoms with Crippen molar-refractivity contribution >= 4 is 38.6 Å². The molecule has 1 N–H and O–H groups in total. The molecule has 0 aliphatic carbocycles. The van der Waals surface area contributed by atoms with Gasteiger partial charge in [0.05, 0.1) is 9.83 Å². The third kappa shape index (κ3) is 3.19. The molecule has 0 aromatic carbocycles. The molecule has 0 amide bonds. The fourth-order valence-corrected chi connectivity index (χ4v) is 4.06. The molecule has 0 aliphatic rings. The topological polar surface area (TPSA) is 12.0 Å². The number of thiophene rings is 2. The number of hydrogen-bond donors (Lipinski definition) is 1. The lowest BCUT2D eigenvalue weighted by molar-refractivity contribution is 0.641. The molecule has 1 nitrogen and oxygen atoms in total. The van der Waals surface area contributed by atoms with Crippen molar-refractivity contribution in [2.45, 2.75) is 26.3 Å². The van der Waals surface area contributed by atoms with Crippen LogP contribution in [0.15, 0.2) is 27.4 Å². The van der Waals surface area contributed by atoms with Gasteiger partial charge in [-0.15, -0.1) is 22.7 Å². The first-order chi connectivity index (χ1) is 8.24. The average molecular weight is 330 g/mol. The van der Waals surface area contributed by atoms with Gasteiger partial charge in [-0.05, 0) is 58.0 Å². The van der Waals surface area contributed by atoms with Gasteiger partial charge in [0.2, 0.25) is 0 Å². The minimum Gasteiger partial charge on any atom is -0.306 e. The third-order valence-electron chi connectivity index (χ3n) is 2.64. The predicted molar refractivity (Wildman–Crippen MR) is 81.2 cm³/mol. The lowest BCUT2D eigenvalue weighted by Crippen LogP contribution is -2.20. The summed E-state index contributed by atoms with van der Waals surface area (Å²) in [6.45, 7) is 5.35. The largest absolute Gasteiger partial charge is 0.306 e. The standard InChI is InChI=1S/C13H16BrNS2/c1-3-10-5-6-11(17-10)13(15-4-2)9-7-12(14)16-8-9/h5-8,13,15H,3-4H2,1-2H3. The molecule has 0 radical (unpaired) electrons. The Bertz CT molecular complexity index is 475. The second kappa shape index (κ2) is 6.14. The van der Waals surface area contributed by atoms with E-state index in [0.717, 1.165) is 13.0 Å². The lowest BCUT2D eigenvalue weighted by Gasteiger charge is -2.14. The van der Waals surface area contributed by atoms with Gasteiger partial charge in [0.1, 0.15) is 0 Å². The maximum Gasteiger partial charge on any atom is 0.0701 e. The molecular formula is C13H16BrNS2. The molecular weight excluding hydrogens is 314 g/mol. The molecule has 2 heterocycles. The Morgan fingerprint density at radius 2 is 2.18 bits per heavy atom. The first-order valence-electron chi connectivity index (χ1n) is 5.80. The molecule has 1 atom stereocenters. The Balaban J connectivity index is 2.28. The summed E-state index contributed by atoms with van der Waals surface area (Å²) in [5, 5.41) is 5.79. The lowest BCUT2D eigenvalue weighted by atomic mass is 10.1. The van der Waals surface area contributed by atoms with E-state index in [4.69, 9.17) is 0 Å². The third-order valence-corrected chi connectivity index (χ3v) is 5.46. The van der Waals surface area contributed by atoms with Crippen molar-refractivity contribution in [1.82, 2.24) is 5.32 Å². The zero-order valence-electron chi connectivity index (χ0n) is 10.00. The van der Waals surface area contributed by atoms with Crippen LogP contribution in [0.4, 0.5) is 0 Å². The van der Waals surface area contributed by atoms with Gasteiger partial charge in [0, 0.05) is 9.75 Å². The van der Waals surface area contributed by atoms with Crippen molar-refractivity contribution in [2.24, 2.45) is 0 Å². The zero-order valence-corrected chi connectivity index (χ0v) is 13.2. The van der Waals surface area contributed by atoms with Gasteiger partial charge in [-0.3, -0.25) is 0 Å². The molecule has 0 spiro atoms. The van der Waals surface area contributed by atoms with Gasteiger partial charge >= 0.3 is 0 Å². The van der Waals surface area contributed by atoms with Crippen LogP contribution in [0.3, 0.4) is 0 Å². The summed E-state index contributed by atoms with van der Waals surface area (Å²) in [4.78, 5) is 2.87. The Kier molecular flexibility index (Phi) is 4.79. The fourth-order valence-electron chi connectivity index (χ4n) is 1.80. The van der Waals surface area contributed by atoms with Gasteiger partial charge in [0.15, 0.2) is 0 Å².